The SMILES string of the molecule is CCC/C(=C\c1cc(C)c(O)c(C)c1)CC[C@H]1OB(O)C[C@H]2C1=C(CC)C[C@H]1C(=O)N(CCC)C(=O)[C@H]12. The Hall–Kier alpha value is -2.38. The van der Waals surface area contributed by atoms with Crippen molar-refractivity contribution in [2.24, 2.45) is 17.8 Å². The maximum absolute atomic E-state index is 13.4. The van der Waals surface area contributed by atoms with Gasteiger partial charge in [0.2, 0.25) is 11.8 Å². The molecule has 2 heterocycles. The zero-order chi connectivity index (χ0) is 26.9. The monoisotopic (exact) mass is 507 g/mol. The highest BCUT2D eigenvalue weighted by molar-refractivity contribution is 6.43. The first-order valence-electron chi connectivity index (χ1n) is 14.1. The fourth-order valence-electron chi connectivity index (χ4n) is 6.83. The molecule has 4 atom stereocenters. The average molecular weight is 507 g/mol. The Bertz CT molecular complexity index is 1090. The molecule has 2 amide bonds. The van der Waals surface area contributed by atoms with Crippen LogP contribution in [0.2, 0.25) is 6.32 Å². The normalized spacial score (nSPS) is 26.2. The number of nitrogens with zero attached hydrogens (tertiary/aromatic N) is 1. The van der Waals surface area contributed by atoms with Crippen LogP contribution < -0.4 is 0 Å². The molecule has 0 unspecified atom stereocenters. The molecule has 7 heteroatoms. The molecule has 2 fully saturated rings. The molecule has 0 saturated carbocycles. The second kappa shape index (κ2) is 11.6. The van der Waals surface area contributed by atoms with Gasteiger partial charge in [-0.05, 0) is 99.0 Å². The van der Waals surface area contributed by atoms with Gasteiger partial charge in [-0.3, -0.25) is 14.5 Å². The van der Waals surface area contributed by atoms with Crippen molar-refractivity contribution in [1.82, 2.24) is 4.90 Å². The first-order valence-corrected chi connectivity index (χ1v) is 14.1. The summed E-state index contributed by atoms with van der Waals surface area (Å²) in [6.45, 7) is 10.6. The number of carbonyl (C=O) groups excluding carboxylic acids is 2. The molecule has 0 bridgehead atoms. The number of phenols is 1. The Balaban J connectivity index is 1.60. The Kier molecular flexibility index (Phi) is 8.65. The largest absolute Gasteiger partial charge is 0.507 e. The molecule has 1 aromatic carbocycles. The maximum atomic E-state index is 13.4. The van der Waals surface area contributed by atoms with Crippen molar-refractivity contribution in [1.29, 1.82) is 0 Å². The smallest absolute Gasteiger partial charge is 0.455 e. The lowest BCUT2D eigenvalue weighted by Gasteiger charge is -2.43. The van der Waals surface area contributed by atoms with Gasteiger partial charge < -0.3 is 14.8 Å². The van der Waals surface area contributed by atoms with E-state index in [9.17, 15) is 19.7 Å². The summed E-state index contributed by atoms with van der Waals surface area (Å²) < 4.78 is 6.13. The summed E-state index contributed by atoms with van der Waals surface area (Å²) in [6, 6.07) is 4.03. The van der Waals surface area contributed by atoms with E-state index in [0.717, 1.165) is 55.2 Å². The quantitative estimate of drug-likeness (QED) is 0.259. The van der Waals surface area contributed by atoms with Gasteiger partial charge in [-0.15, -0.1) is 0 Å². The van der Waals surface area contributed by atoms with Crippen LogP contribution in [0.15, 0.2) is 28.9 Å². The van der Waals surface area contributed by atoms with Crippen molar-refractivity contribution in [2.75, 3.05) is 6.54 Å². The zero-order valence-electron chi connectivity index (χ0n) is 23.0. The van der Waals surface area contributed by atoms with Crippen molar-refractivity contribution < 1.29 is 24.4 Å². The highest BCUT2D eigenvalue weighted by atomic mass is 16.5. The first-order chi connectivity index (χ1) is 17.7. The van der Waals surface area contributed by atoms with E-state index in [1.807, 2.05) is 32.9 Å². The van der Waals surface area contributed by atoms with Gasteiger partial charge in [0.25, 0.3) is 0 Å². The minimum Gasteiger partial charge on any atom is -0.507 e. The van der Waals surface area contributed by atoms with Gasteiger partial charge in [-0.1, -0.05) is 44.4 Å². The van der Waals surface area contributed by atoms with Gasteiger partial charge in [-0.2, -0.15) is 0 Å². The van der Waals surface area contributed by atoms with E-state index in [-0.39, 0.29) is 35.7 Å². The second-order valence-corrected chi connectivity index (χ2v) is 11.1. The summed E-state index contributed by atoms with van der Waals surface area (Å²) in [5.74, 6) is -0.568. The Labute approximate surface area is 221 Å². The predicted octanol–water partition coefficient (Wildman–Crippen LogP) is 5.59. The number of phenolic OH excluding ortho intramolecular Hbond substituents is 1. The topological polar surface area (TPSA) is 87.1 Å². The lowest BCUT2D eigenvalue weighted by atomic mass is 9.58. The average Bonchev–Trinajstić information content (AvgIpc) is 3.10. The minimum absolute atomic E-state index is 0.0352. The summed E-state index contributed by atoms with van der Waals surface area (Å²) in [7, 11) is -0.931. The van der Waals surface area contributed by atoms with Gasteiger partial charge in [0.05, 0.1) is 17.9 Å². The molecule has 200 valence electrons. The Morgan fingerprint density at radius 2 is 1.78 bits per heavy atom. The summed E-state index contributed by atoms with van der Waals surface area (Å²) in [5.41, 5.74) is 6.52. The number of hydrogen-bond acceptors (Lipinski definition) is 5. The minimum atomic E-state index is -0.931. The molecule has 2 aliphatic heterocycles. The van der Waals surface area contributed by atoms with Gasteiger partial charge in [-0.25, -0.2) is 0 Å². The number of aromatic hydroxyl groups is 1. The molecule has 0 radical (unpaired) electrons. The van der Waals surface area contributed by atoms with E-state index in [4.69, 9.17) is 4.65 Å². The number of carbonyl (C=O) groups is 2. The standard InChI is InChI=1S/C30H42BNO5/c1-6-9-20(15-21-13-18(4)28(33)19(5)14-21)10-11-25-26-22(8-3)16-23-27(24(26)17-31(36)37-25)30(35)32(12-7-2)29(23)34/h13-15,23-25,27,33,36H,6-12,16-17H2,1-5H3/b20-15+/t23-,24+,25-,27-/m1/s1. The van der Waals surface area contributed by atoms with Gasteiger partial charge in [0.15, 0.2) is 0 Å². The van der Waals surface area contributed by atoms with Crippen molar-refractivity contribution >= 4 is 25.0 Å². The number of rotatable bonds is 9. The highest BCUT2D eigenvalue weighted by Gasteiger charge is 2.56. The van der Waals surface area contributed by atoms with Crippen LogP contribution in [0.25, 0.3) is 6.08 Å². The van der Waals surface area contributed by atoms with Crippen LogP contribution in [0, 0.1) is 31.6 Å². The zero-order valence-corrected chi connectivity index (χ0v) is 23.0. The summed E-state index contributed by atoms with van der Waals surface area (Å²) in [6.07, 6.45) is 8.07. The van der Waals surface area contributed by atoms with Gasteiger partial charge >= 0.3 is 7.12 Å². The number of allylic oxidation sites excluding steroid dienone is 2. The van der Waals surface area contributed by atoms with Crippen LogP contribution in [-0.2, 0) is 14.2 Å². The van der Waals surface area contributed by atoms with Crippen molar-refractivity contribution in [3.05, 3.63) is 45.5 Å². The highest BCUT2D eigenvalue weighted by Crippen LogP contribution is 2.51. The number of aryl methyl sites for hydroxylation is 2. The van der Waals surface area contributed by atoms with Gasteiger partial charge in [0.1, 0.15) is 5.75 Å². The molecule has 0 aromatic heterocycles. The number of hydrogen-bond donors (Lipinski definition) is 2. The summed E-state index contributed by atoms with van der Waals surface area (Å²) in [5, 5.41) is 20.9. The third kappa shape index (κ3) is 5.44. The van der Waals surface area contributed by atoms with E-state index in [1.165, 1.54) is 21.6 Å². The number of imide groups is 1. The molecule has 3 aliphatic rings. The van der Waals surface area contributed by atoms with Crippen molar-refractivity contribution in [3.8, 4) is 5.75 Å². The molecule has 6 nitrogen and oxygen atoms in total. The third-order valence-corrected chi connectivity index (χ3v) is 8.46. The van der Waals surface area contributed by atoms with Crippen LogP contribution in [0.3, 0.4) is 0 Å². The number of likely N-dealkylation sites (tertiary alicyclic amines) is 1. The molecule has 37 heavy (non-hydrogen) atoms. The summed E-state index contributed by atoms with van der Waals surface area (Å²) >= 11 is 0. The summed E-state index contributed by atoms with van der Waals surface area (Å²) in [4.78, 5) is 28.0. The molecule has 4 rings (SSSR count). The molecular weight excluding hydrogens is 465 g/mol. The van der Waals surface area contributed by atoms with Crippen molar-refractivity contribution in [3.63, 3.8) is 0 Å². The Morgan fingerprint density at radius 1 is 1.08 bits per heavy atom. The van der Waals surface area contributed by atoms with E-state index in [0.29, 0.717) is 25.0 Å². The molecule has 0 spiro atoms. The molecular formula is C30H42BNO5. The second-order valence-electron chi connectivity index (χ2n) is 11.1. The number of benzene rings is 1. The van der Waals surface area contributed by atoms with E-state index in [1.54, 1.807) is 0 Å². The maximum Gasteiger partial charge on any atom is 0.455 e. The molecule has 1 aromatic rings. The lowest BCUT2D eigenvalue weighted by Crippen LogP contribution is -2.46. The number of amides is 2. The van der Waals surface area contributed by atoms with Crippen molar-refractivity contribution in [2.45, 2.75) is 92.0 Å². The van der Waals surface area contributed by atoms with E-state index < -0.39 is 7.12 Å². The van der Waals surface area contributed by atoms with Crippen LogP contribution >= 0.6 is 0 Å². The lowest BCUT2D eigenvalue weighted by molar-refractivity contribution is -0.140. The fraction of sp³-hybridized carbons (Fsp3) is 0.600. The molecule has 1 aliphatic carbocycles. The van der Waals surface area contributed by atoms with Crippen LogP contribution in [0.1, 0.15) is 82.4 Å². The fourth-order valence-corrected chi connectivity index (χ4v) is 6.83. The first kappa shape index (κ1) is 27.7. The van der Waals surface area contributed by atoms with Crippen LogP contribution in [0.4, 0.5) is 0 Å². The molecule has 2 saturated heterocycles. The van der Waals surface area contributed by atoms with E-state index >= 15 is 0 Å². The number of fused-ring (bicyclic) bond motifs is 3. The van der Waals surface area contributed by atoms with Crippen LogP contribution in [-0.4, -0.2) is 46.6 Å². The van der Waals surface area contributed by atoms with E-state index in [2.05, 4.69) is 19.9 Å². The molecule has 2 N–H and O–H groups in total. The van der Waals surface area contributed by atoms with Crippen LogP contribution in [0.5, 0.6) is 5.75 Å². The van der Waals surface area contributed by atoms with Gasteiger partial charge in [0, 0.05) is 6.54 Å². The predicted molar refractivity (Wildman–Crippen MR) is 147 cm³/mol. The third-order valence-electron chi connectivity index (χ3n) is 8.46. The Morgan fingerprint density at radius 3 is 2.41 bits per heavy atom.